The van der Waals surface area contributed by atoms with Gasteiger partial charge in [-0.1, -0.05) is 41.7 Å². The average molecular weight is 395 g/mol. The molecule has 0 saturated carbocycles. The van der Waals surface area contributed by atoms with Gasteiger partial charge in [0, 0.05) is 0 Å². The topological polar surface area (TPSA) is 153 Å². The first-order valence-corrected chi connectivity index (χ1v) is 8.56. The Morgan fingerprint density at radius 1 is 1.04 bits per heavy atom. The third-order valence-electron chi connectivity index (χ3n) is 3.81. The Morgan fingerprint density at radius 3 is 2.25 bits per heavy atom. The van der Waals surface area contributed by atoms with E-state index in [1.165, 1.54) is 4.68 Å². The lowest BCUT2D eigenvalue weighted by Gasteiger charge is -2.00. The molecule has 28 heavy (non-hydrogen) atoms. The molecule has 2 heterocycles. The van der Waals surface area contributed by atoms with E-state index >= 15 is 0 Å². The number of hydrogen-bond donors (Lipinski definition) is 1. The molecule has 138 valence electrons. The van der Waals surface area contributed by atoms with E-state index in [9.17, 15) is 20.2 Å². The fraction of sp³-hybridized carbons (Fsp3) is 0. The molecule has 2 aromatic carbocycles. The van der Waals surface area contributed by atoms with Gasteiger partial charge in [0.1, 0.15) is 0 Å². The molecule has 0 amide bonds. The maximum absolute atomic E-state index is 11.2. The molecule has 0 aliphatic carbocycles. The van der Waals surface area contributed by atoms with E-state index in [2.05, 4.69) is 15.1 Å². The van der Waals surface area contributed by atoms with Gasteiger partial charge in [0.25, 0.3) is 0 Å². The highest BCUT2D eigenvalue weighted by Gasteiger charge is 2.26. The smallest absolute Gasteiger partial charge is 0.273 e. The minimum atomic E-state index is -0.839. The predicted octanol–water partition coefficient (Wildman–Crippen LogP) is 2.82. The fourth-order valence-corrected chi connectivity index (χ4v) is 3.33. The van der Waals surface area contributed by atoms with Gasteiger partial charge in [0.15, 0.2) is 10.5 Å². The summed E-state index contributed by atoms with van der Waals surface area (Å²) in [6.07, 6.45) is 1.55. The zero-order valence-electron chi connectivity index (χ0n) is 13.8. The molecule has 2 aromatic heterocycles. The maximum atomic E-state index is 11.2. The number of thiazole rings is 1. The lowest BCUT2D eigenvalue weighted by Crippen LogP contribution is -2.08. The van der Waals surface area contributed by atoms with Crippen LogP contribution in [-0.2, 0) is 0 Å². The molecule has 4 aromatic rings. The number of nitrogens with zero attached hydrogens (tertiary/aromatic N) is 6. The molecule has 12 heteroatoms. The second-order valence-electron chi connectivity index (χ2n) is 5.57. The van der Waals surface area contributed by atoms with Gasteiger partial charge in [0.2, 0.25) is 4.80 Å². The number of rotatable bonds is 4. The van der Waals surface area contributed by atoms with Crippen molar-refractivity contribution in [3.63, 3.8) is 0 Å². The van der Waals surface area contributed by atoms with Crippen molar-refractivity contribution in [1.82, 2.24) is 14.6 Å². The highest BCUT2D eigenvalue weighted by molar-refractivity contribution is 7.15. The predicted molar refractivity (Wildman–Crippen MR) is 102 cm³/mol. The minimum Gasteiger partial charge on any atom is -0.273 e. The first-order chi connectivity index (χ1) is 13.4. The lowest BCUT2D eigenvalue weighted by atomic mass is 10.2. The van der Waals surface area contributed by atoms with Crippen LogP contribution >= 0.6 is 11.3 Å². The summed E-state index contributed by atoms with van der Waals surface area (Å²) < 4.78 is 1.26. The zero-order chi connectivity index (χ0) is 19.8. The molecular weight excluding hydrogens is 386 g/mol. The molecule has 1 N–H and O–H groups in total. The summed E-state index contributed by atoms with van der Waals surface area (Å²) in [6.45, 7) is 0. The Balaban J connectivity index is 1.93. The van der Waals surface area contributed by atoms with Crippen LogP contribution in [0.2, 0.25) is 0 Å². The Labute approximate surface area is 159 Å². The molecule has 0 atom stereocenters. The minimum absolute atomic E-state index is 0.0430. The number of benzene rings is 2. The van der Waals surface area contributed by atoms with Crippen molar-refractivity contribution >= 4 is 50.4 Å². The SMILES string of the molecule is N=c1sc2nc3cc([N+](=O)[O-])c([N+](=O)[O-])cc3nc2n1/N=C\c1ccccc1. The van der Waals surface area contributed by atoms with Crippen LogP contribution in [0.1, 0.15) is 5.56 Å². The van der Waals surface area contributed by atoms with Gasteiger partial charge in [-0.3, -0.25) is 25.6 Å². The molecule has 0 saturated heterocycles. The van der Waals surface area contributed by atoms with E-state index in [1.807, 2.05) is 30.3 Å². The van der Waals surface area contributed by atoms with Crippen LogP contribution < -0.4 is 4.80 Å². The summed E-state index contributed by atoms with van der Waals surface area (Å²) in [5.74, 6) is 0. The van der Waals surface area contributed by atoms with Gasteiger partial charge in [-0.25, -0.2) is 9.97 Å². The number of nitrogens with one attached hydrogen (secondary N) is 1. The van der Waals surface area contributed by atoms with Crippen molar-refractivity contribution < 1.29 is 9.85 Å². The van der Waals surface area contributed by atoms with Crippen molar-refractivity contribution in [2.75, 3.05) is 0 Å². The van der Waals surface area contributed by atoms with E-state index in [0.717, 1.165) is 29.0 Å². The van der Waals surface area contributed by atoms with Gasteiger partial charge in [0.05, 0.1) is 39.2 Å². The van der Waals surface area contributed by atoms with Gasteiger partial charge >= 0.3 is 11.4 Å². The largest absolute Gasteiger partial charge is 0.348 e. The van der Waals surface area contributed by atoms with Crippen molar-refractivity contribution in [3.8, 4) is 0 Å². The van der Waals surface area contributed by atoms with E-state index < -0.39 is 21.2 Å². The summed E-state index contributed by atoms with van der Waals surface area (Å²) in [5.41, 5.74) is -0.0568. The van der Waals surface area contributed by atoms with Crippen LogP contribution in [0.3, 0.4) is 0 Å². The molecule has 0 aliphatic rings. The Kier molecular flexibility index (Phi) is 4.08. The highest BCUT2D eigenvalue weighted by atomic mass is 32.1. The summed E-state index contributed by atoms with van der Waals surface area (Å²) >= 11 is 0.992. The Bertz CT molecular complexity index is 1340. The normalized spacial score (nSPS) is 11.4. The maximum Gasteiger partial charge on any atom is 0.348 e. The third kappa shape index (κ3) is 2.97. The molecule has 0 radical (unpaired) electrons. The van der Waals surface area contributed by atoms with Crippen LogP contribution in [0.4, 0.5) is 11.4 Å². The number of fused-ring (bicyclic) bond motifs is 2. The zero-order valence-corrected chi connectivity index (χ0v) is 14.7. The highest BCUT2D eigenvalue weighted by Crippen LogP contribution is 2.31. The third-order valence-corrected chi connectivity index (χ3v) is 4.65. The quantitative estimate of drug-likeness (QED) is 0.318. The number of nitro groups is 2. The number of aromatic nitrogens is 3. The van der Waals surface area contributed by atoms with Gasteiger partial charge in [-0.2, -0.15) is 9.78 Å². The number of hydrogen-bond acceptors (Lipinski definition) is 9. The van der Waals surface area contributed by atoms with Crippen molar-refractivity contribution in [2.45, 2.75) is 0 Å². The lowest BCUT2D eigenvalue weighted by molar-refractivity contribution is -0.422. The molecule has 4 rings (SSSR count). The Morgan fingerprint density at radius 2 is 1.64 bits per heavy atom. The van der Waals surface area contributed by atoms with E-state index in [-0.39, 0.29) is 21.5 Å². The fourth-order valence-electron chi connectivity index (χ4n) is 2.56. The molecule has 11 nitrogen and oxygen atoms in total. The molecule has 0 bridgehead atoms. The Hall–Kier alpha value is -4.06. The second-order valence-corrected chi connectivity index (χ2v) is 6.55. The van der Waals surface area contributed by atoms with Crippen LogP contribution in [0, 0.1) is 25.6 Å². The van der Waals surface area contributed by atoms with Crippen LogP contribution in [0.5, 0.6) is 0 Å². The van der Waals surface area contributed by atoms with Gasteiger partial charge < -0.3 is 0 Å². The molecule has 0 spiro atoms. The molecular formula is C16H9N7O4S. The molecule has 0 fully saturated rings. The van der Waals surface area contributed by atoms with Gasteiger partial charge in [-0.15, -0.1) is 0 Å². The first kappa shape index (κ1) is 17.4. The molecule has 0 unspecified atom stereocenters. The summed E-state index contributed by atoms with van der Waals surface area (Å²) in [4.78, 5) is 29.6. The summed E-state index contributed by atoms with van der Waals surface area (Å²) in [6, 6.07) is 11.3. The summed E-state index contributed by atoms with van der Waals surface area (Å²) in [5, 5.41) is 34.6. The second kappa shape index (κ2) is 6.59. The van der Waals surface area contributed by atoms with Crippen LogP contribution in [0.15, 0.2) is 47.6 Å². The van der Waals surface area contributed by atoms with E-state index in [4.69, 9.17) is 5.41 Å². The first-order valence-electron chi connectivity index (χ1n) is 7.74. The van der Waals surface area contributed by atoms with Crippen LogP contribution in [-0.4, -0.2) is 30.7 Å². The monoisotopic (exact) mass is 395 g/mol. The van der Waals surface area contributed by atoms with E-state index in [1.54, 1.807) is 6.21 Å². The van der Waals surface area contributed by atoms with Crippen LogP contribution in [0.25, 0.3) is 21.5 Å². The number of nitro benzene ring substituents is 2. The molecule has 0 aliphatic heterocycles. The summed E-state index contributed by atoms with van der Waals surface area (Å²) in [7, 11) is 0. The van der Waals surface area contributed by atoms with E-state index in [0.29, 0.717) is 4.83 Å². The van der Waals surface area contributed by atoms with Crippen molar-refractivity contribution in [1.29, 1.82) is 5.41 Å². The van der Waals surface area contributed by atoms with Gasteiger partial charge in [-0.05, 0) is 5.56 Å². The van der Waals surface area contributed by atoms with Crippen molar-refractivity contribution in [3.05, 3.63) is 73.1 Å². The van der Waals surface area contributed by atoms with Crippen molar-refractivity contribution in [2.24, 2.45) is 5.10 Å². The standard InChI is InChI=1S/C16H9N7O4S/c17-16-21(18-8-9-4-2-1-3-5-9)14-15(28-16)20-11-7-13(23(26)27)12(22(24)25)6-10(11)19-14/h1-8,17H/b17-16?,18-8-. The average Bonchev–Trinajstić information content (AvgIpc) is 2.98.